The molecule has 22 heavy (non-hydrogen) atoms. The van der Waals surface area contributed by atoms with E-state index in [1.165, 1.54) is 13.4 Å². The number of benzene rings is 1. The van der Waals surface area contributed by atoms with Gasteiger partial charge in [0.2, 0.25) is 0 Å². The maximum absolute atomic E-state index is 12.3. The number of carbonyl (C=O) groups excluding carboxylic acids is 1. The van der Waals surface area contributed by atoms with Crippen molar-refractivity contribution in [2.75, 3.05) is 17.7 Å². The second-order valence-electron chi connectivity index (χ2n) is 5.01. The summed E-state index contributed by atoms with van der Waals surface area (Å²) in [5.74, 6) is 0.839. The van der Waals surface area contributed by atoms with Gasteiger partial charge in [-0.3, -0.25) is 4.79 Å². The van der Waals surface area contributed by atoms with Crippen LogP contribution in [0.4, 0.5) is 11.5 Å². The topological polar surface area (TPSA) is 76.1 Å². The van der Waals surface area contributed by atoms with Gasteiger partial charge >= 0.3 is 0 Å². The molecule has 1 saturated carbocycles. The Bertz CT molecular complexity index is 704. The van der Waals surface area contributed by atoms with Crippen LogP contribution >= 0.6 is 11.6 Å². The molecule has 1 aliphatic carbocycles. The Hall–Kier alpha value is -2.34. The molecule has 0 bridgehead atoms. The number of nitrogens with zero attached hydrogens (tertiary/aromatic N) is 2. The first-order valence-corrected chi connectivity index (χ1v) is 7.27. The summed E-state index contributed by atoms with van der Waals surface area (Å²) in [6.07, 6.45) is 3.63. The van der Waals surface area contributed by atoms with E-state index < -0.39 is 0 Å². The van der Waals surface area contributed by atoms with Crippen LogP contribution in [0.15, 0.2) is 30.6 Å². The van der Waals surface area contributed by atoms with E-state index in [2.05, 4.69) is 20.6 Å². The number of amides is 1. The van der Waals surface area contributed by atoms with E-state index in [1.807, 2.05) is 0 Å². The molecule has 0 radical (unpaired) electrons. The molecule has 1 aromatic carbocycles. The van der Waals surface area contributed by atoms with Crippen LogP contribution in [0, 0.1) is 0 Å². The molecule has 1 fully saturated rings. The number of aromatic nitrogens is 2. The van der Waals surface area contributed by atoms with Crippen LogP contribution in [-0.2, 0) is 0 Å². The molecule has 0 spiro atoms. The number of nitrogens with one attached hydrogen (secondary N) is 2. The van der Waals surface area contributed by atoms with E-state index in [9.17, 15) is 4.79 Å². The third-order valence-electron chi connectivity index (χ3n) is 3.24. The zero-order valence-electron chi connectivity index (χ0n) is 12.0. The van der Waals surface area contributed by atoms with Crippen molar-refractivity contribution in [3.63, 3.8) is 0 Å². The number of hydrogen-bond donors (Lipinski definition) is 2. The average molecular weight is 319 g/mol. The van der Waals surface area contributed by atoms with Gasteiger partial charge in [-0.2, -0.15) is 0 Å². The maximum atomic E-state index is 12.3. The largest absolute Gasteiger partial charge is 0.495 e. The van der Waals surface area contributed by atoms with Gasteiger partial charge in [-0.05, 0) is 31.0 Å². The normalized spacial score (nSPS) is 13.5. The molecule has 114 valence electrons. The lowest BCUT2D eigenvalue weighted by atomic mass is 10.2. The zero-order chi connectivity index (χ0) is 15.5. The molecule has 6 nitrogen and oxygen atoms in total. The first-order chi connectivity index (χ1) is 10.7. The van der Waals surface area contributed by atoms with Gasteiger partial charge in [-0.15, -0.1) is 0 Å². The van der Waals surface area contributed by atoms with Gasteiger partial charge < -0.3 is 15.4 Å². The predicted molar refractivity (Wildman–Crippen MR) is 84.6 cm³/mol. The van der Waals surface area contributed by atoms with Gasteiger partial charge in [0.15, 0.2) is 0 Å². The Labute approximate surface area is 132 Å². The van der Waals surface area contributed by atoms with E-state index in [0.717, 1.165) is 12.8 Å². The van der Waals surface area contributed by atoms with Crippen LogP contribution in [0.25, 0.3) is 0 Å². The standard InChI is InChI=1S/C15H15ClN4O2/c1-22-13-5-2-9(16)6-11(13)20-15(21)12-7-14(18-8-17-12)19-10-3-4-10/h2,5-8,10H,3-4H2,1H3,(H,20,21)(H,17,18,19). The number of hydrogen-bond acceptors (Lipinski definition) is 5. The minimum Gasteiger partial charge on any atom is -0.495 e. The van der Waals surface area contributed by atoms with Gasteiger partial charge in [0.05, 0.1) is 12.8 Å². The number of anilines is 2. The molecule has 1 aliphatic rings. The second-order valence-corrected chi connectivity index (χ2v) is 5.44. The molecule has 3 rings (SSSR count). The minimum atomic E-state index is -0.346. The van der Waals surface area contributed by atoms with Gasteiger partial charge in [0.1, 0.15) is 23.6 Å². The summed E-state index contributed by atoms with van der Waals surface area (Å²) >= 11 is 5.95. The van der Waals surface area contributed by atoms with Crippen molar-refractivity contribution in [3.05, 3.63) is 41.3 Å². The Morgan fingerprint density at radius 2 is 2.14 bits per heavy atom. The quantitative estimate of drug-likeness (QED) is 0.886. The lowest BCUT2D eigenvalue weighted by Crippen LogP contribution is -2.15. The first-order valence-electron chi connectivity index (χ1n) is 6.89. The third-order valence-corrected chi connectivity index (χ3v) is 3.47. The van der Waals surface area contributed by atoms with E-state index in [0.29, 0.717) is 28.3 Å². The van der Waals surface area contributed by atoms with E-state index >= 15 is 0 Å². The Morgan fingerprint density at radius 1 is 1.32 bits per heavy atom. The molecule has 0 aliphatic heterocycles. The molecule has 1 heterocycles. The van der Waals surface area contributed by atoms with Gasteiger partial charge in [0.25, 0.3) is 5.91 Å². The Balaban J connectivity index is 1.77. The molecule has 7 heteroatoms. The number of ether oxygens (including phenoxy) is 1. The SMILES string of the molecule is COc1ccc(Cl)cc1NC(=O)c1cc(NC2CC2)ncn1. The maximum Gasteiger partial charge on any atom is 0.274 e. The van der Waals surface area contributed by atoms with Crippen molar-refractivity contribution in [1.82, 2.24) is 9.97 Å². The van der Waals surface area contributed by atoms with Crippen LogP contribution in [0.1, 0.15) is 23.3 Å². The molecule has 0 saturated heterocycles. The molecule has 2 N–H and O–H groups in total. The number of carbonyl (C=O) groups is 1. The number of methoxy groups -OCH3 is 1. The predicted octanol–water partition coefficient (Wildman–Crippen LogP) is 2.97. The van der Waals surface area contributed by atoms with Crippen molar-refractivity contribution in [1.29, 1.82) is 0 Å². The average Bonchev–Trinajstić information content (AvgIpc) is 3.32. The summed E-state index contributed by atoms with van der Waals surface area (Å²) in [4.78, 5) is 20.4. The van der Waals surface area contributed by atoms with Crippen LogP contribution in [0.2, 0.25) is 5.02 Å². The van der Waals surface area contributed by atoms with Crippen molar-refractivity contribution in [2.24, 2.45) is 0 Å². The zero-order valence-corrected chi connectivity index (χ0v) is 12.7. The van der Waals surface area contributed by atoms with Crippen molar-refractivity contribution in [3.8, 4) is 5.75 Å². The minimum absolute atomic E-state index is 0.278. The van der Waals surface area contributed by atoms with Crippen LogP contribution in [-0.4, -0.2) is 29.0 Å². The van der Waals surface area contributed by atoms with E-state index in [4.69, 9.17) is 16.3 Å². The Kier molecular flexibility index (Phi) is 4.11. The summed E-state index contributed by atoms with van der Waals surface area (Å²) in [5.41, 5.74) is 0.774. The van der Waals surface area contributed by atoms with Gasteiger partial charge in [0, 0.05) is 17.1 Å². The molecule has 1 amide bonds. The van der Waals surface area contributed by atoms with Gasteiger partial charge in [-0.25, -0.2) is 9.97 Å². The summed E-state index contributed by atoms with van der Waals surface area (Å²) in [7, 11) is 1.53. The summed E-state index contributed by atoms with van der Waals surface area (Å²) < 4.78 is 5.20. The van der Waals surface area contributed by atoms with Crippen LogP contribution < -0.4 is 15.4 Å². The molecule has 0 unspecified atom stereocenters. The van der Waals surface area contributed by atoms with E-state index in [1.54, 1.807) is 24.3 Å². The highest BCUT2D eigenvalue weighted by Gasteiger charge is 2.22. The highest BCUT2D eigenvalue weighted by molar-refractivity contribution is 6.31. The fourth-order valence-electron chi connectivity index (χ4n) is 1.96. The molecule has 1 aromatic heterocycles. The second kappa shape index (κ2) is 6.19. The molecule has 2 aromatic rings. The van der Waals surface area contributed by atoms with E-state index in [-0.39, 0.29) is 11.6 Å². The first kappa shape index (κ1) is 14.6. The highest BCUT2D eigenvalue weighted by Crippen LogP contribution is 2.28. The third kappa shape index (κ3) is 3.46. The monoisotopic (exact) mass is 318 g/mol. The molecular weight excluding hydrogens is 304 g/mol. The lowest BCUT2D eigenvalue weighted by Gasteiger charge is -2.10. The van der Waals surface area contributed by atoms with Crippen molar-refractivity contribution in [2.45, 2.75) is 18.9 Å². The number of rotatable bonds is 5. The molecule has 0 atom stereocenters. The smallest absolute Gasteiger partial charge is 0.274 e. The van der Waals surface area contributed by atoms with Crippen molar-refractivity contribution >= 4 is 29.0 Å². The van der Waals surface area contributed by atoms with Crippen LogP contribution in [0.5, 0.6) is 5.75 Å². The fourth-order valence-corrected chi connectivity index (χ4v) is 2.13. The molecular formula is C15H15ClN4O2. The number of halogens is 1. The summed E-state index contributed by atoms with van der Waals surface area (Å²) in [6.45, 7) is 0. The summed E-state index contributed by atoms with van der Waals surface area (Å²) in [5, 5.41) is 6.49. The van der Waals surface area contributed by atoms with Crippen molar-refractivity contribution < 1.29 is 9.53 Å². The lowest BCUT2D eigenvalue weighted by molar-refractivity contribution is 0.102. The summed E-state index contributed by atoms with van der Waals surface area (Å²) in [6, 6.07) is 7.10. The van der Waals surface area contributed by atoms with Gasteiger partial charge in [-0.1, -0.05) is 11.6 Å². The fraction of sp³-hybridized carbons (Fsp3) is 0.267. The van der Waals surface area contributed by atoms with Crippen LogP contribution in [0.3, 0.4) is 0 Å². The highest BCUT2D eigenvalue weighted by atomic mass is 35.5. The Morgan fingerprint density at radius 3 is 2.86 bits per heavy atom.